The SMILES string of the molecule is CC(=O)NC(C)c1ccc(-n2nc(C(=O)O)c3ccccc32)cc1. The number of hydrogen-bond donors (Lipinski definition) is 2. The van der Waals surface area contributed by atoms with Crippen LogP contribution in [0.2, 0.25) is 0 Å². The number of carboxylic acids is 1. The Hall–Kier alpha value is -3.15. The fourth-order valence-corrected chi connectivity index (χ4v) is 2.71. The first-order chi connectivity index (χ1) is 11.5. The Morgan fingerprint density at radius 2 is 1.79 bits per heavy atom. The van der Waals surface area contributed by atoms with Gasteiger partial charge in [-0.05, 0) is 30.7 Å². The maximum absolute atomic E-state index is 11.4. The molecule has 0 spiro atoms. The van der Waals surface area contributed by atoms with Crippen LogP contribution in [0.15, 0.2) is 48.5 Å². The van der Waals surface area contributed by atoms with Crippen molar-refractivity contribution in [3.05, 3.63) is 59.8 Å². The molecule has 0 bridgehead atoms. The van der Waals surface area contributed by atoms with E-state index < -0.39 is 5.97 Å². The molecule has 6 heteroatoms. The van der Waals surface area contributed by atoms with Crippen molar-refractivity contribution in [1.82, 2.24) is 15.1 Å². The standard InChI is InChI=1S/C18H17N3O3/c1-11(19-12(2)22)13-7-9-14(10-8-13)21-16-6-4-3-5-15(16)17(20-21)18(23)24/h3-11H,1-2H3,(H,19,22)(H,23,24). The molecule has 1 amide bonds. The van der Waals surface area contributed by atoms with E-state index in [4.69, 9.17) is 0 Å². The lowest BCUT2D eigenvalue weighted by molar-refractivity contribution is -0.119. The highest BCUT2D eigenvalue weighted by molar-refractivity contribution is 6.01. The molecule has 1 unspecified atom stereocenters. The largest absolute Gasteiger partial charge is 0.476 e. The lowest BCUT2D eigenvalue weighted by Gasteiger charge is -2.13. The quantitative estimate of drug-likeness (QED) is 0.773. The Balaban J connectivity index is 2.02. The van der Waals surface area contributed by atoms with E-state index in [1.54, 1.807) is 16.8 Å². The number of nitrogens with one attached hydrogen (secondary N) is 1. The summed E-state index contributed by atoms with van der Waals surface area (Å²) in [6, 6.07) is 14.6. The summed E-state index contributed by atoms with van der Waals surface area (Å²) in [6.07, 6.45) is 0. The number of aromatic carboxylic acids is 1. The van der Waals surface area contributed by atoms with Crippen molar-refractivity contribution in [1.29, 1.82) is 0 Å². The molecule has 3 aromatic rings. The lowest BCUT2D eigenvalue weighted by Crippen LogP contribution is -2.23. The molecule has 0 aliphatic rings. The number of hydrogen-bond acceptors (Lipinski definition) is 3. The normalized spacial score (nSPS) is 12.1. The third-order valence-electron chi connectivity index (χ3n) is 3.85. The molecule has 2 aromatic carbocycles. The zero-order valence-corrected chi connectivity index (χ0v) is 13.4. The fraction of sp³-hybridized carbons (Fsp3) is 0.167. The summed E-state index contributed by atoms with van der Waals surface area (Å²) in [7, 11) is 0. The van der Waals surface area contributed by atoms with Gasteiger partial charge < -0.3 is 10.4 Å². The van der Waals surface area contributed by atoms with Gasteiger partial charge in [0.25, 0.3) is 0 Å². The van der Waals surface area contributed by atoms with Crippen molar-refractivity contribution in [2.45, 2.75) is 19.9 Å². The second-order valence-electron chi connectivity index (χ2n) is 5.60. The van der Waals surface area contributed by atoms with Crippen molar-refractivity contribution in [3.8, 4) is 5.69 Å². The van der Waals surface area contributed by atoms with E-state index in [1.807, 2.05) is 43.3 Å². The van der Waals surface area contributed by atoms with Crippen LogP contribution >= 0.6 is 0 Å². The van der Waals surface area contributed by atoms with Gasteiger partial charge in [-0.3, -0.25) is 4.79 Å². The Kier molecular flexibility index (Phi) is 4.04. The minimum atomic E-state index is -1.05. The van der Waals surface area contributed by atoms with Gasteiger partial charge in [-0.1, -0.05) is 30.3 Å². The van der Waals surface area contributed by atoms with Crippen molar-refractivity contribution in [2.75, 3.05) is 0 Å². The van der Waals surface area contributed by atoms with Gasteiger partial charge in [0.05, 0.1) is 17.2 Å². The molecule has 0 aliphatic carbocycles. The average Bonchev–Trinajstić information content (AvgIpc) is 2.94. The number of carbonyl (C=O) groups is 2. The monoisotopic (exact) mass is 323 g/mol. The summed E-state index contributed by atoms with van der Waals surface area (Å²) in [6.45, 7) is 3.39. The summed E-state index contributed by atoms with van der Waals surface area (Å²) < 4.78 is 1.62. The molecule has 0 radical (unpaired) electrons. The maximum atomic E-state index is 11.4. The van der Waals surface area contributed by atoms with Crippen LogP contribution in [0, 0.1) is 0 Å². The third kappa shape index (κ3) is 2.86. The van der Waals surface area contributed by atoms with Crippen molar-refractivity contribution in [2.24, 2.45) is 0 Å². The number of para-hydroxylation sites is 1. The molecule has 0 fully saturated rings. The number of carboxylic acid groups (broad SMARTS) is 1. The molecule has 6 nitrogen and oxygen atoms in total. The molecule has 1 aromatic heterocycles. The van der Waals surface area contributed by atoms with Crippen molar-refractivity contribution in [3.63, 3.8) is 0 Å². The molecule has 24 heavy (non-hydrogen) atoms. The minimum Gasteiger partial charge on any atom is -0.476 e. The molecule has 1 heterocycles. The van der Waals surface area contributed by atoms with E-state index >= 15 is 0 Å². The van der Waals surface area contributed by atoms with E-state index in [9.17, 15) is 14.7 Å². The van der Waals surface area contributed by atoms with Gasteiger partial charge in [0.15, 0.2) is 5.69 Å². The minimum absolute atomic E-state index is 0.0290. The highest BCUT2D eigenvalue weighted by atomic mass is 16.4. The predicted octanol–water partition coefficient (Wildman–Crippen LogP) is 2.92. The average molecular weight is 323 g/mol. The van der Waals surface area contributed by atoms with E-state index in [1.165, 1.54) is 6.92 Å². The Bertz CT molecular complexity index is 913. The van der Waals surface area contributed by atoms with Gasteiger partial charge in [0.2, 0.25) is 5.91 Å². The predicted molar refractivity (Wildman–Crippen MR) is 90.3 cm³/mol. The van der Waals surface area contributed by atoms with Gasteiger partial charge in [-0.25, -0.2) is 9.48 Å². The van der Waals surface area contributed by atoms with Gasteiger partial charge in [0, 0.05) is 12.3 Å². The van der Waals surface area contributed by atoms with E-state index in [0.29, 0.717) is 5.39 Å². The zero-order chi connectivity index (χ0) is 17.3. The first-order valence-corrected chi connectivity index (χ1v) is 7.56. The Morgan fingerprint density at radius 1 is 1.12 bits per heavy atom. The summed E-state index contributed by atoms with van der Waals surface area (Å²) in [5.74, 6) is -1.14. The highest BCUT2D eigenvalue weighted by Gasteiger charge is 2.17. The maximum Gasteiger partial charge on any atom is 0.357 e. The van der Waals surface area contributed by atoms with Crippen LogP contribution in [0.3, 0.4) is 0 Å². The van der Waals surface area contributed by atoms with Crippen molar-refractivity contribution < 1.29 is 14.7 Å². The topological polar surface area (TPSA) is 84.2 Å². The first-order valence-electron chi connectivity index (χ1n) is 7.56. The van der Waals surface area contributed by atoms with Crippen LogP contribution in [-0.4, -0.2) is 26.8 Å². The second-order valence-corrected chi connectivity index (χ2v) is 5.60. The zero-order valence-electron chi connectivity index (χ0n) is 13.4. The number of aromatic nitrogens is 2. The fourth-order valence-electron chi connectivity index (χ4n) is 2.71. The number of nitrogens with zero attached hydrogens (tertiary/aromatic N) is 2. The summed E-state index contributed by atoms with van der Waals surface area (Å²) in [5, 5.41) is 17.0. The van der Waals surface area contributed by atoms with Crippen LogP contribution in [0.25, 0.3) is 16.6 Å². The van der Waals surface area contributed by atoms with Gasteiger partial charge >= 0.3 is 5.97 Å². The highest BCUT2D eigenvalue weighted by Crippen LogP contribution is 2.23. The molecule has 0 aliphatic heterocycles. The van der Waals surface area contributed by atoms with Crippen LogP contribution in [-0.2, 0) is 4.79 Å². The van der Waals surface area contributed by atoms with E-state index in [-0.39, 0.29) is 17.6 Å². The number of carbonyl (C=O) groups excluding carboxylic acids is 1. The smallest absolute Gasteiger partial charge is 0.357 e. The number of fused-ring (bicyclic) bond motifs is 1. The summed E-state index contributed by atoms with van der Waals surface area (Å²) in [5.41, 5.74) is 2.49. The lowest BCUT2D eigenvalue weighted by atomic mass is 10.1. The van der Waals surface area contributed by atoms with E-state index in [0.717, 1.165) is 16.8 Å². The number of benzene rings is 2. The van der Waals surface area contributed by atoms with Crippen molar-refractivity contribution >= 4 is 22.8 Å². The Morgan fingerprint density at radius 3 is 2.42 bits per heavy atom. The molecular formula is C18H17N3O3. The number of amides is 1. The first kappa shape index (κ1) is 15.7. The molecular weight excluding hydrogens is 306 g/mol. The molecule has 2 N–H and O–H groups in total. The molecule has 0 saturated heterocycles. The Labute approximate surface area is 138 Å². The molecule has 3 rings (SSSR count). The summed E-state index contributed by atoms with van der Waals surface area (Å²) >= 11 is 0. The second kappa shape index (κ2) is 6.16. The van der Waals surface area contributed by atoms with Crippen LogP contribution in [0.1, 0.15) is 35.9 Å². The van der Waals surface area contributed by atoms with E-state index in [2.05, 4.69) is 10.4 Å². The molecule has 122 valence electrons. The van der Waals surface area contributed by atoms with Crippen LogP contribution < -0.4 is 5.32 Å². The third-order valence-corrected chi connectivity index (χ3v) is 3.85. The number of rotatable bonds is 4. The molecule has 1 atom stereocenters. The van der Waals surface area contributed by atoms with Crippen LogP contribution in [0.5, 0.6) is 0 Å². The van der Waals surface area contributed by atoms with Gasteiger partial charge in [-0.15, -0.1) is 0 Å². The summed E-state index contributed by atoms with van der Waals surface area (Å²) in [4.78, 5) is 22.5. The van der Waals surface area contributed by atoms with Gasteiger partial charge in [0.1, 0.15) is 0 Å². The molecule has 0 saturated carbocycles. The van der Waals surface area contributed by atoms with Crippen LogP contribution in [0.4, 0.5) is 0 Å². The van der Waals surface area contributed by atoms with Gasteiger partial charge in [-0.2, -0.15) is 5.10 Å².